The Hall–Kier alpha value is -1.73. The molecule has 146 valence electrons. The summed E-state index contributed by atoms with van der Waals surface area (Å²) in [6, 6.07) is 3.65. The van der Waals surface area contributed by atoms with E-state index in [1.807, 2.05) is 6.92 Å². The Labute approximate surface area is 154 Å². The maximum atomic E-state index is 13.6. The van der Waals surface area contributed by atoms with Crippen molar-refractivity contribution in [2.24, 2.45) is 4.99 Å². The van der Waals surface area contributed by atoms with Crippen LogP contribution in [0.3, 0.4) is 0 Å². The zero-order valence-corrected chi connectivity index (χ0v) is 15.4. The second-order valence-corrected chi connectivity index (χ2v) is 6.24. The molecule has 1 aliphatic heterocycles. The van der Waals surface area contributed by atoms with Gasteiger partial charge in [-0.1, -0.05) is 6.07 Å². The highest BCUT2D eigenvalue weighted by Crippen LogP contribution is 2.12. The SMILES string of the molecule is CCNC(=NCCCOCC1CCCO1)NCCc1ccc(F)cc1F. The van der Waals surface area contributed by atoms with Crippen LogP contribution < -0.4 is 10.6 Å². The van der Waals surface area contributed by atoms with Crippen LogP contribution in [0.1, 0.15) is 31.7 Å². The van der Waals surface area contributed by atoms with E-state index in [-0.39, 0.29) is 6.10 Å². The standard InChI is InChI=1S/C19H29F2N3O2/c1-2-22-19(23-9-4-11-25-14-17-5-3-12-26-17)24-10-8-15-6-7-16(20)13-18(15)21/h6-7,13,17H,2-5,8-12,14H2,1H3,(H2,22,23,24). The molecule has 1 aromatic rings. The lowest BCUT2D eigenvalue weighted by atomic mass is 10.1. The monoisotopic (exact) mass is 369 g/mol. The fourth-order valence-electron chi connectivity index (χ4n) is 2.73. The number of nitrogens with one attached hydrogen (secondary N) is 2. The molecule has 0 aromatic heterocycles. The molecule has 7 heteroatoms. The third-order valence-electron chi connectivity index (χ3n) is 4.09. The van der Waals surface area contributed by atoms with E-state index in [0.29, 0.717) is 44.2 Å². The van der Waals surface area contributed by atoms with Crippen LogP contribution in [0, 0.1) is 11.6 Å². The molecule has 1 aliphatic rings. The molecule has 2 rings (SSSR count). The molecule has 1 saturated heterocycles. The van der Waals surface area contributed by atoms with Gasteiger partial charge in [-0.2, -0.15) is 0 Å². The molecule has 2 N–H and O–H groups in total. The van der Waals surface area contributed by atoms with Crippen molar-refractivity contribution in [3.05, 3.63) is 35.4 Å². The summed E-state index contributed by atoms with van der Waals surface area (Å²) in [4.78, 5) is 4.48. The van der Waals surface area contributed by atoms with E-state index in [0.717, 1.165) is 38.5 Å². The van der Waals surface area contributed by atoms with Crippen LogP contribution in [0.15, 0.2) is 23.2 Å². The smallest absolute Gasteiger partial charge is 0.191 e. The Morgan fingerprint density at radius 3 is 2.96 bits per heavy atom. The van der Waals surface area contributed by atoms with E-state index < -0.39 is 11.6 Å². The molecular formula is C19H29F2N3O2. The quantitative estimate of drug-likeness (QED) is 0.378. The Balaban J connectivity index is 1.63. The van der Waals surface area contributed by atoms with Crippen LogP contribution >= 0.6 is 0 Å². The number of ether oxygens (including phenoxy) is 2. The average Bonchev–Trinajstić information content (AvgIpc) is 3.13. The number of hydrogen-bond donors (Lipinski definition) is 2. The minimum atomic E-state index is -0.559. The molecular weight excluding hydrogens is 340 g/mol. The number of hydrogen-bond acceptors (Lipinski definition) is 3. The van der Waals surface area contributed by atoms with Crippen molar-refractivity contribution in [2.45, 2.75) is 38.7 Å². The largest absolute Gasteiger partial charge is 0.379 e. The number of guanidine groups is 1. The lowest BCUT2D eigenvalue weighted by molar-refractivity contribution is 0.0171. The number of rotatable bonds is 10. The molecule has 0 amide bonds. The first-order chi connectivity index (χ1) is 12.7. The zero-order valence-electron chi connectivity index (χ0n) is 15.4. The third-order valence-corrected chi connectivity index (χ3v) is 4.09. The van der Waals surface area contributed by atoms with Gasteiger partial charge in [0, 0.05) is 38.9 Å². The summed E-state index contributed by atoms with van der Waals surface area (Å²) < 4.78 is 37.7. The molecule has 0 radical (unpaired) electrons. The molecule has 1 atom stereocenters. The highest BCUT2D eigenvalue weighted by atomic mass is 19.1. The average molecular weight is 369 g/mol. The van der Waals surface area contributed by atoms with Crippen LogP contribution in [0.2, 0.25) is 0 Å². The second-order valence-electron chi connectivity index (χ2n) is 6.24. The molecule has 0 aliphatic carbocycles. The van der Waals surface area contributed by atoms with E-state index in [9.17, 15) is 8.78 Å². The summed E-state index contributed by atoms with van der Waals surface area (Å²) >= 11 is 0. The van der Waals surface area contributed by atoms with Gasteiger partial charge < -0.3 is 20.1 Å². The Morgan fingerprint density at radius 2 is 2.23 bits per heavy atom. The van der Waals surface area contributed by atoms with Crippen molar-refractivity contribution >= 4 is 5.96 Å². The van der Waals surface area contributed by atoms with Gasteiger partial charge in [0.2, 0.25) is 0 Å². The summed E-state index contributed by atoms with van der Waals surface area (Å²) in [6.45, 7) is 6.05. The van der Waals surface area contributed by atoms with Gasteiger partial charge in [0.15, 0.2) is 5.96 Å². The van der Waals surface area contributed by atoms with Crippen molar-refractivity contribution in [3.8, 4) is 0 Å². The highest BCUT2D eigenvalue weighted by Gasteiger charge is 2.14. The van der Waals surface area contributed by atoms with E-state index in [1.165, 1.54) is 12.1 Å². The number of benzene rings is 1. The van der Waals surface area contributed by atoms with Gasteiger partial charge in [0.1, 0.15) is 11.6 Å². The molecule has 1 fully saturated rings. The van der Waals surface area contributed by atoms with Gasteiger partial charge in [-0.15, -0.1) is 0 Å². The summed E-state index contributed by atoms with van der Waals surface area (Å²) in [6.07, 6.45) is 3.75. The van der Waals surface area contributed by atoms with E-state index in [1.54, 1.807) is 0 Å². The second kappa shape index (κ2) is 11.8. The van der Waals surface area contributed by atoms with Crippen molar-refractivity contribution in [2.75, 3.05) is 39.5 Å². The van der Waals surface area contributed by atoms with Crippen molar-refractivity contribution in [3.63, 3.8) is 0 Å². The highest BCUT2D eigenvalue weighted by molar-refractivity contribution is 5.79. The predicted octanol–water partition coefficient (Wildman–Crippen LogP) is 2.65. The molecule has 0 bridgehead atoms. The van der Waals surface area contributed by atoms with Crippen LogP contribution in [0.5, 0.6) is 0 Å². The summed E-state index contributed by atoms with van der Waals surface area (Å²) in [5.41, 5.74) is 0.484. The Kier molecular flexibility index (Phi) is 9.34. The Bertz CT molecular complexity index is 564. The molecule has 0 saturated carbocycles. The van der Waals surface area contributed by atoms with Gasteiger partial charge in [-0.3, -0.25) is 4.99 Å². The van der Waals surface area contributed by atoms with Crippen molar-refractivity contribution < 1.29 is 18.3 Å². The topological polar surface area (TPSA) is 54.9 Å². The van der Waals surface area contributed by atoms with Gasteiger partial charge in [-0.05, 0) is 44.2 Å². The van der Waals surface area contributed by atoms with Gasteiger partial charge in [-0.25, -0.2) is 8.78 Å². The van der Waals surface area contributed by atoms with E-state index in [2.05, 4.69) is 15.6 Å². The Morgan fingerprint density at radius 1 is 1.35 bits per heavy atom. The number of aliphatic imine (C=N–C) groups is 1. The number of nitrogens with zero attached hydrogens (tertiary/aromatic N) is 1. The minimum absolute atomic E-state index is 0.254. The van der Waals surface area contributed by atoms with Crippen molar-refractivity contribution in [1.82, 2.24) is 10.6 Å². The molecule has 1 heterocycles. The first kappa shape index (κ1) is 20.6. The first-order valence-corrected chi connectivity index (χ1v) is 9.34. The first-order valence-electron chi connectivity index (χ1n) is 9.34. The van der Waals surface area contributed by atoms with Crippen LogP contribution in [0.4, 0.5) is 8.78 Å². The summed E-state index contributed by atoms with van der Waals surface area (Å²) in [5, 5.41) is 6.32. The zero-order chi connectivity index (χ0) is 18.6. The van der Waals surface area contributed by atoms with Gasteiger partial charge >= 0.3 is 0 Å². The third kappa shape index (κ3) is 7.66. The predicted molar refractivity (Wildman–Crippen MR) is 98.5 cm³/mol. The van der Waals surface area contributed by atoms with E-state index in [4.69, 9.17) is 9.47 Å². The molecule has 1 aromatic carbocycles. The normalized spacial score (nSPS) is 17.5. The number of halogens is 2. The van der Waals surface area contributed by atoms with Crippen LogP contribution in [-0.2, 0) is 15.9 Å². The fourth-order valence-corrected chi connectivity index (χ4v) is 2.73. The minimum Gasteiger partial charge on any atom is -0.379 e. The van der Waals surface area contributed by atoms with Crippen LogP contribution in [0.25, 0.3) is 0 Å². The molecule has 1 unspecified atom stereocenters. The molecule has 0 spiro atoms. The lowest BCUT2D eigenvalue weighted by Crippen LogP contribution is -2.38. The summed E-state index contributed by atoms with van der Waals surface area (Å²) in [5.74, 6) is -0.387. The summed E-state index contributed by atoms with van der Waals surface area (Å²) in [7, 11) is 0. The lowest BCUT2D eigenvalue weighted by Gasteiger charge is -2.12. The maximum Gasteiger partial charge on any atom is 0.191 e. The fraction of sp³-hybridized carbons (Fsp3) is 0.632. The van der Waals surface area contributed by atoms with Crippen molar-refractivity contribution in [1.29, 1.82) is 0 Å². The van der Waals surface area contributed by atoms with E-state index >= 15 is 0 Å². The van der Waals surface area contributed by atoms with Gasteiger partial charge in [0.25, 0.3) is 0 Å². The van der Waals surface area contributed by atoms with Gasteiger partial charge in [0.05, 0.1) is 12.7 Å². The molecule has 5 nitrogen and oxygen atoms in total. The van der Waals surface area contributed by atoms with Crippen LogP contribution in [-0.4, -0.2) is 51.5 Å². The molecule has 26 heavy (non-hydrogen) atoms. The maximum absolute atomic E-state index is 13.6.